The Morgan fingerprint density at radius 2 is 1.88 bits per heavy atom. The molecule has 1 aromatic carbocycles. The molecule has 3 aromatic rings. The molecule has 7 heteroatoms. The fraction of sp³-hybridized carbons (Fsp3) is 0.294. The van der Waals surface area contributed by atoms with Crippen LogP contribution in [0, 0.1) is 0 Å². The van der Waals surface area contributed by atoms with Gasteiger partial charge < -0.3 is 14.8 Å². The zero-order valence-corrected chi connectivity index (χ0v) is 14.8. The summed E-state index contributed by atoms with van der Waals surface area (Å²) in [5.41, 5.74) is 0.610. The number of aromatic nitrogens is 3. The molecule has 0 amide bonds. The number of nitrogens with zero attached hydrogens (tertiary/aromatic N) is 3. The SMILES string of the molecule is COc1ccc2c(OC)cc(-n3ccc(NC(C)C)n3)nc2c1Cl. The van der Waals surface area contributed by atoms with Crippen molar-refractivity contribution >= 4 is 28.3 Å². The quantitative estimate of drug-likeness (QED) is 0.759. The maximum atomic E-state index is 6.42. The molecule has 0 aliphatic rings. The Bertz CT molecular complexity index is 876. The molecule has 3 rings (SSSR count). The summed E-state index contributed by atoms with van der Waals surface area (Å²) in [5.74, 6) is 2.64. The van der Waals surface area contributed by atoms with Crippen molar-refractivity contribution < 1.29 is 9.47 Å². The zero-order valence-electron chi connectivity index (χ0n) is 14.0. The molecule has 0 radical (unpaired) electrons. The smallest absolute Gasteiger partial charge is 0.157 e. The maximum Gasteiger partial charge on any atom is 0.157 e. The minimum atomic E-state index is 0.297. The van der Waals surface area contributed by atoms with Crippen LogP contribution < -0.4 is 14.8 Å². The van der Waals surface area contributed by atoms with Crippen molar-refractivity contribution in [1.82, 2.24) is 14.8 Å². The summed E-state index contributed by atoms with van der Waals surface area (Å²) in [6.07, 6.45) is 1.84. The van der Waals surface area contributed by atoms with E-state index in [1.54, 1.807) is 25.0 Å². The molecule has 6 nitrogen and oxygen atoms in total. The van der Waals surface area contributed by atoms with E-state index in [0.717, 1.165) is 11.2 Å². The summed E-state index contributed by atoms with van der Waals surface area (Å²) in [5, 5.41) is 9.01. The number of nitrogens with one attached hydrogen (secondary N) is 1. The second kappa shape index (κ2) is 6.57. The lowest BCUT2D eigenvalue weighted by molar-refractivity contribution is 0.414. The van der Waals surface area contributed by atoms with Crippen molar-refractivity contribution in [3.63, 3.8) is 0 Å². The molecular formula is C17H19ClN4O2. The van der Waals surface area contributed by atoms with E-state index in [9.17, 15) is 0 Å². The van der Waals surface area contributed by atoms with Crippen molar-refractivity contribution in [2.45, 2.75) is 19.9 Å². The highest BCUT2D eigenvalue weighted by molar-refractivity contribution is 6.36. The van der Waals surface area contributed by atoms with Crippen LogP contribution in [0.15, 0.2) is 30.5 Å². The number of pyridine rings is 1. The van der Waals surface area contributed by atoms with Gasteiger partial charge in [-0.1, -0.05) is 11.6 Å². The third-order valence-corrected chi connectivity index (χ3v) is 3.90. The summed E-state index contributed by atoms with van der Waals surface area (Å²) in [7, 11) is 3.19. The first-order valence-electron chi connectivity index (χ1n) is 7.57. The molecule has 2 aromatic heterocycles. The number of benzene rings is 1. The van der Waals surface area contributed by atoms with Gasteiger partial charge in [-0.25, -0.2) is 9.67 Å². The molecule has 0 saturated heterocycles. The molecule has 0 fully saturated rings. The van der Waals surface area contributed by atoms with Gasteiger partial charge in [0.2, 0.25) is 0 Å². The number of hydrogen-bond donors (Lipinski definition) is 1. The summed E-state index contributed by atoms with van der Waals surface area (Å²) < 4.78 is 12.5. The Kier molecular flexibility index (Phi) is 4.49. The molecular weight excluding hydrogens is 328 g/mol. The average molecular weight is 347 g/mol. The van der Waals surface area contributed by atoms with E-state index in [1.807, 2.05) is 24.4 Å². The summed E-state index contributed by atoms with van der Waals surface area (Å²) in [4.78, 5) is 4.64. The Morgan fingerprint density at radius 3 is 2.54 bits per heavy atom. The third-order valence-electron chi connectivity index (χ3n) is 3.53. The number of rotatable bonds is 5. The Hall–Kier alpha value is -2.47. The standard InChI is InChI=1S/C17H19ClN4O2/c1-10(2)19-14-7-8-22(21-14)15-9-13(24-4)11-5-6-12(23-3)16(18)17(11)20-15/h5-10H,1-4H3,(H,19,21). The lowest BCUT2D eigenvalue weighted by Crippen LogP contribution is -2.10. The first-order valence-corrected chi connectivity index (χ1v) is 7.95. The molecule has 0 aliphatic carbocycles. The van der Waals surface area contributed by atoms with E-state index in [2.05, 4.69) is 29.2 Å². The van der Waals surface area contributed by atoms with Gasteiger partial charge in [0, 0.05) is 29.8 Å². The highest BCUT2D eigenvalue weighted by atomic mass is 35.5. The molecule has 2 heterocycles. The number of methoxy groups -OCH3 is 2. The van der Waals surface area contributed by atoms with Gasteiger partial charge in [-0.15, -0.1) is 5.10 Å². The Labute approximate surface area is 145 Å². The second-order valence-corrected chi connectivity index (χ2v) is 5.98. The van der Waals surface area contributed by atoms with Crippen LogP contribution in [-0.4, -0.2) is 35.0 Å². The monoisotopic (exact) mass is 346 g/mol. The average Bonchev–Trinajstić information content (AvgIpc) is 3.02. The van der Waals surface area contributed by atoms with Gasteiger partial charge in [-0.2, -0.15) is 0 Å². The molecule has 1 N–H and O–H groups in total. The van der Waals surface area contributed by atoms with Gasteiger partial charge in [0.15, 0.2) is 5.82 Å². The second-order valence-electron chi connectivity index (χ2n) is 5.61. The Balaban J connectivity index is 2.14. The summed E-state index contributed by atoms with van der Waals surface area (Å²) in [6.45, 7) is 4.12. The molecule has 126 valence electrons. The maximum absolute atomic E-state index is 6.42. The van der Waals surface area contributed by atoms with Crippen molar-refractivity contribution in [3.8, 4) is 17.3 Å². The minimum Gasteiger partial charge on any atom is -0.496 e. The van der Waals surface area contributed by atoms with Crippen LogP contribution >= 0.6 is 11.6 Å². The molecule has 0 bridgehead atoms. The molecule has 0 atom stereocenters. The van der Waals surface area contributed by atoms with Crippen LogP contribution in [0.25, 0.3) is 16.7 Å². The van der Waals surface area contributed by atoms with E-state index in [1.165, 1.54) is 0 Å². The fourth-order valence-electron chi connectivity index (χ4n) is 2.46. The van der Waals surface area contributed by atoms with Crippen molar-refractivity contribution in [2.75, 3.05) is 19.5 Å². The number of fused-ring (bicyclic) bond motifs is 1. The number of hydrogen-bond acceptors (Lipinski definition) is 5. The molecule has 0 unspecified atom stereocenters. The van der Waals surface area contributed by atoms with Gasteiger partial charge in [0.1, 0.15) is 22.3 Å². The van der Waals surface area contributed by atoms with Gasteiger partial charge in [-0.3, -0.25) is 0 Å². The molecule has 24 heavy (non-hydrogen) atoms. The van der Waals surface area contributed by atoms with Crippen LogP contribution in [0.2, 0.25) is 5.02 Å². The van der Waals surface area contributed by atoms with Crippen LogP contribution in [0.4, 0.5) is 5.82 Å². The van der Waals surface area contributed by atoms with E-state index in [0.29, 0.717) is 33.9 Å². The highest BCUT2D eigenvalue weighted by Crippen LogP contribution is 2.36. The minimum absolute atomic E-state index is 0.297. The molecule has 0 spiro atoms. The van der Waals surface area contributed by atoms with E-state index in [4.69, 9.17) is 21.1 Å². The van der Waals surface area contributed by atoms with Gasteiger partial charge >= 0.3 is 0 Å². The van der Waals surface area contributed by atoms with E-state index in [-0.39, 0.29) is 0 Å². The molecule has 0 aliphatic heterocycles. The first-order chi connectivity index (χ1) is 11.5. The van der Waals surface area contributed by atoms with Crippen molar-refractivity contribution in [2.24, 2.45) is 0 Å². The van der Waals surface area contributed by atoms with Crippen molar-refractivity contribution in [1.29, 1.82) is 0 Å². The van der Waals surface area contributed by atoms with E-state index < -0.39 is 0 Å². The summed E-state index contributed by atoms with van der Waals surface area (Å²) >= 11 is 6.42. The highest BCUT2D eigenvalue weighted by Gasteiger charge is 2.14. The van der Waals surface area contributed by atoms with Gasteiger partial charge in [0.25, 0.3) is 0 Å². The Morgan fingerprint density at radius 1 is 1.12 bits per heavy atom. The lowest BCUT2D eigenvalue weighted by Gasteiger charge is -2.12. The largest absolute Gasteiger partial charge is 0.496 e. The topological polar surface area (TPSA) is 61.2 Å². The van der Waals surface area contributed by atoms with E-state index >= 15 is 0 Å². The van der Waals surface area contributed by atoms with Gasteiger partial charge in [0.05, 0.1) is 19.7 Å². The zero-order chi connectivity index (χ0) is 17.3. The number of halogens is 1. The number of ether oxygens (including phenoxy) is 2. The first kappa shape index (κ1) is 16.4. The van der Waals surface area contributed by atoms with Gasteiger partial charge in [-0.05, 0) is 26.0 Å². The van der Waals surface area contributed by atoms with Crippen molar-refractivity contribution in [3.05, 3.63) is 35.5 Å². The van der Waals surface area contributed by atoms with Crippen LogP contribution in [0.3, 0.4) is 0 Å². The third kappa shape index (κ3) is 2.97. The van der Waals surface area contributed by atoms with Crippen LogP contribution in [0.1, 0.15) is 13.8 Å². The predicted molar refractivity (Wildman–Crippen MR) is 95.7 cm³/mol. The normalized spacial score (nSPS) is 11.1. The van der Waals surface area contributed by atoms with Crippen LogP contribution in [0.5, 0.6) is 11.5 Å². The molecule has 0 saturated carbocycles. The summed E-state index contributed by atoms with van der Waals surface area (Å²) in [6, 6.07) is 7.70. The fourth-order valence-corrected chi connectivity index (χ4v) is 2.75. The lowest BCUT2D eigenvalue weighted by atomic mass is 10.2. The number of anilines is 1. The predicted octanol–water partition coefficient (Wildman–Crippen LogP) is 3.91. The van der Waals surface area contributed by atoms with Crippen LogP contribution in [-0.2, 0) is 0 Å².